The van der Waals surface area contributed by atoms with Gasteiger partial charge in [-0.1, -0.05) is 0 Å². The lowest BCUT2D eigenvalue weighted by Gasteiger charge is -1.97. The molecule has 0 saturated heterocycles. The summed E-state index contributed by atoms with van der Waals surface area (Å²) in [5, 5.41) is 12.0. The van der Waals surface area contributed by atoms with Crippen LogP contribution >= 0.6 is 0 Å². The fourth-order valence-electron chi connectivity index (χ4n) is 0.546. The van der Waals surface area contributed by atoms with Crippen molar-refractivity contribution in [3.05, 3.63) is 18.6 Å². The van der Waals surface area contributed by atoms with Crippen LogP contribution in [0.4, 0.5) is 5.82 Å². The molecule has 1 aromatic rings. The number of rotatable bonds is 3. The van der Waals surface area contributed by atoms with Gasteiger partial charge in [-0.2, -0.15) is 5.10 Å². The zero-order chi connectivity index (χ0) is 9.68. The van der Waals surface area contributed by atoms with Gasteiger partial charge in [-0.15, -0.1) is 0 Å². The molecule has 68 valence electrons. The number of nitrogens with one attached hydrogen (secondary N) is 1. The molecule has 0 unspecified atom stereocenters. The minimum absolute atomic E-state index is 0.0364. The molecule has 1 aromatic heterocycles. The fourth-order valence-corrected chi connectivity index (χ4v) is 0.546. The summed E-state index contributed by atoms with van der Waals surface area (Å²) in [4.78, 5) is 17.9. The predicted octanol–water partition coefficient (Wildman–Crippen LogP) is 0.349. The number of aliphatic carboxylic acids is 1. The van der Waals surface area contributed by atoms with Crippen LogP contribution in [-0.2, 0) is 4.79 Å². The predicted molar refractivity (Wildman–Crippen MR) is 46.4 cm³/mol. The van der Waals surface area contributed by atoms with E-state index in [-0.39, 0.29) is 5.71 Å². The Hall–Kier alpha value is -1.98. The molecule has 6 nitrogen and oxygen atoms in total. The van der Waals surface area contributed by atoms with Crippen LogP contribution in [0, 0.1) is 0 Å². The zero-order valence-electron chi connectivity index (χ0n) is 6.93. The summed E-state index contributed by atoms with van der Waals surface area (Å²) in [5.74, 6) is -0.667. The van der Waals surface area contributed by atoms with Crippen LogP contribution in [0.5, 0.6) is 0 Å². The Balaban J connectivity index is 2.62. The standard InChI is InChI=1S/C7H8N4O2/c1-5(7(12)13)10-11-6-4-8-2-3-9-6/h2-4H,1H3,(H,9,11)(H,12,13)/b10-5+. The fraction of sp³-hybridized carbons (Fsp3) is 0.143. The van der Waals surface area contributed by atoms with Crippen molar-refractivity contribution in [2.45, 2.75) is 6.92 Å². The van der Waals surface area contributed by atoms with Crippen molar-refractivity contribution >= 4 is 17.5 Å². The van der Waals surface area contributed by atoms with E-state index < -0.39 is 5.97 Å². The first-order valence-electron chi connectivity index (χ1n) is 3.50. The summed E-state index contributed by atoms with van der Waals surface area (Å²) in [7, 11) is 0. The molecule has 0 spiro atoms. The molecule has 0 amide bonds. The Morgan fingerprint density at radius 1 is 1.62 bits per heavy atom. The van der Waals surface area contributed by atoms with Crippen molar-refractivity contribution in [3.8, 4) is 0 Å². The van der Waals surface area contributed by atoms with Gasteiger partial charge in [0, 0.05) is 12.4 Å². The molecule has 6 heteroatoms. The number of hydrogen-bond acceptors (Lipinski definition) is 5. The summed E-state index contributed by atoms with van der Waals surface area (Å²) in [6, 6.07) is 0. The molecule has 2 N–H and O–H groups in total. The van der Waals surface area contributed by atoms with Gasteiger partial charge < -0.3 is 5.11 Å². The first kappa shape index (κ1) is 9.11. The van der Waals surface area contributed by atoms with E-state index in [1.807, 2.05) is 0 Å². The van der Waals surface area contributed by atoms with Crippen molar-refractivity contribution in [2.24, 2.45) is 5.10 Å². The van der Waals surface area contributed by atoms with E-state index in [0.717, 1.165) is 0 Å². The van der Waals surface area contributed by atoms with Crippen molar-refractivity contribution < 1.29 is 9.90 Å². The van der Waals surface area contributed by atoms with Gasteiger partial charge in [0.15, 0.2) is 5.82 Å². The Morgan fingerprint density at radius 3 is 2.92 bits per heavy atom. The minimum atomic E-state index is -1.07. The molecular formula is C7H8N4O2. The van der Waals surface area contributed by atoms with E-state index in [1.54, 1.807) is 0 Å². The van der Waals surface area contributed by atoms with E-state index >= 15 is 0 Å². The van der Waals surface area contributed by atoms with E-state index in [9.17, 15) is 4.79 Å². The van der Waals surface area contributed by atoms with Crippen LogP contribution in [0.15, 0.2) is 23.7 Å². The van der Waals surface area contributed by atoms with Crippen LogP contribution in [0.3, 0.4) is 0 Å². The van der Waals surface area contributed by atoms with Crippen molar-refractivity contribution in [1.29, 1.82) is 0 Å². The molecule has 1 heterocycles. The molecule has 13 heavy (non-hydrogen) atoms. The van der Waals surface area contributed by atoms with Crippen LogP contribution in [0.25, 0.3) is 0 Å². The summed E-state index contributed by atoms with van der Waals surface area (Å²) in [5.41, 5.74) is 2.42. The molecular weight excluding hydrogens is 172 g/mol. The van der Waals surface area contributed by atoms with E-state index in [0.29, 0.717) is 5.82 Å². The summed E-state index contributed by atoms with van der Waals surface area (Å²) in [6.45, 7) is 1.38. The van der Waals surface area contributed by atoms with Crippen molar-refractivity contribution in [2.75, 3.05) is 5.43 Å². The highest BCUT2D eigenvalue weighted by Gasteiger charge is 2.00. The van der Waals surface area contributed by atoms with E-state index in [2.05, 4.69) is 20.5 Å². The Kier molecular flexibility index (Phi) is 2.91. The molecule has 0 bridgehead atoms. The quantitative estimate of drug-likeness (QED) is 0.517. The first-order valence-corrected chi connectivity index (χ1v) is 3.50. The van der Waals surface area contributed by atoms with E-state index in [1.165, 1.54) is 25.5 Å². The highest BCUT2D eigenvalue weighted by atomic mass is 16.4. The molecule has 1 rings (SSSR count). The van der Waals surface area contributed by atoms with Gasteiger partial charge in [0.1, 0.15) is 5.71 Å². The third kappa shape index (κ3) is 2.86. The van der Waals surface area contributed by atoms with Gasteiger partial charge in [-0.3, -0.25) is 10.4 Å². The largest absolute Gasteiger partial charge is 0.477 e. The second kappa shape index (κ2) is 4.15. The second-order valence-electron chi connectivity index (χ2n) is 2.20. The van der Waals surface area contributed by atoms with Gasteiger partial charge in [0.25, 0.3) is 0 Å². The number of nitrogens with zero attached hydrogens (tertiary/aromatic N) is 3. The Morgan fingerprint density at radius 2 is 2.38 bits per heavy atom. The summed E-state index contributed by atoms with van der Waals surface area (Å²) in [6.07, 6.45) is 4.44. The normalized spacial score (nSPS) is 11.0. The molecule has 0 radical (unpaired) electrons. The molecule has 0 aromatic carbocycles. The lowest BCUT2D eigenvalue weighted by Crippen LogP contribution is -2.10. The monoisotopic (exact) mass is 180 g/mol. The Labute approximate surface area is 74.3 Å². The summed E-state index contributed by atoms with van der Waals surface area (Å²) >= 11 is 0. The molecule has 0 atom stereocenters. The third-order valence-electron chi connectivity index (χ3n) is 1.21. The molecule has 0 aliphatic rings. The number of anilines is 1. The third-order valence-corrected chi connectivity index (χ3v) is 1.21. The lowest BCUT2D eigenvalue weighted by atomic mass is 10.4. The average molecular weight is 180 g/mol. The van der Waals surface area contributed by atoms with Gasteiger partial charge in [-0.25, -0.2) is 9.78 Å². The van der Waals surface area contributed by atoms with Crippen LogP contribution in [-0.4, -0.2) is 26.8 Å². The number of hydrogen-bond donors (Lipinski definition) is 2. The number of carboxylic acid groups (broad SMARTS) is 1. The number of aromatic nitrogens is 2. The van der Waals surface area contributed by atoms with Gasteiger partial charge in [-0.05, 0) is 6.92 Å². The van der Waals surface area contributed by atoms with Crippen LogP contribution < -0.4 is 5.43 Å². The maximum absolute atomic E-state index is 10.3. The lowest BCUT2D eigenvalue weighted by molar-refractivity contribution is -0.129. The zero-order valence-corrected chi connectivity index (χ0v) is 6.93. The van der Waals surface area contributed by atoms with Crippen molar-refractivity contribution in [3.63, 3.8) is 0 Å². The topological polar surface area (TPSA) is 87.5 Å². The highest BCUT2D eigenvalue weighted by molar-refractivity contribution is 6.34. The van der Waals surface area contributed by atoms with Crippen LogP contribution in [0.2, 0.25) is 0 Å². The number of carbonyl (C=O) groups is 1. The smallest absolute Gasteiger partial charge is 0.351 e. The van der Waals surface area contributed by atoms with Gasteiger partial charge >= 0.3 is 5.97 Å². The van der Waals surface area contributed by atoms with Gasteiger partial charge in [0.2, 0.25) is 0 Å². The van der Waals surface area contributed by atoms with E-state index in [4.69, 9.17) is 5.11 Å². The summed E-state index contributed by atoms with van der Waals surface area (Å²) < 4.78 is 0. The average Bonchev–Trinajstić information content (AvgIpc) is 2.15. The number of hydrazone groups is 1. The Bertz CT molecular complexity index is 323. The van der Waals surface area contributed by atoms with Crippen LogP contribution in [0.1, 0.15) is 6.92 Å². The first-order chi connectivity index (χ1) is 6.20. The molecule has 0 fully saturated rings. The minimum Gasteiger partial charge on any atom is -0.477 e. The maximum Gasteiger partial charge on any atom is 0.351 e. The van der Waals surface area contributed by atoms with Gasteiger partial charge in [0.05, 0.1) is 6.20 Å². The molecule has 0 aliphatic carbocycles. The SMILES string of the molecule is C/C(=N\Nc1cnccn1)C(=O)O. The molecule has 0 aliphatic heterocycles. The number of carboxylic acids is 1. The second-order valence-corrected chi connectivity index (χ2v) is 2.20. The molecule has 0 saturated carbocycles. The highest BCUT2D eigenvalue weighted by Crippen LogP contribution is 1.96. The van der Waals surface area contributed by atoms with Crippen molar-refractivity contribution in [1.82, 2.24) is 9.97 Å². The maximum atomic E-state index is 10.3.